The van der Waals surface area contributed by atoms with Crippen molar-refractivity contribution in [2.45, 2.75) is 19.3 Å². The van der Waals surface area contributed by atoms with Crippen molar-refractivity contribution >= 4 is 84.5 Å². The van der Waals surface area contributed by atoms with Crippen molar-refractivity contribution in [2.24, 2.45) is 0 Å². The molecule has 12 rings (SSSR count). The average molecular weight is 890 g/mol. The Labute approximate surface area is 402 Å². The molecule has 1 N–H and O–H groups in total. The molecule has 11 aromatic rings. The molecule has 1 aliphatic carbocycles. The molecule has 0 amide bonds. The molecule has 0 aliphatic heterocycles. The first-order valence-corrected chi connectivity index (χ1v) is 23.3. The van der Waals surface area contributed by atoms with Gasteiger partial charge in [0.05, 0.1) is 11.4 Å². The molecular weight excluding hydrogens is 843 g/mol. The van der Waals surface area contributed by atoms with Gasteiger partial charge in [-0.2, -0.15) is 0 Å². The molecule has 0 fully saturated rings. The lowest BCUT2D eigenvalue weighted by atomic mass is 9.81. The zero-order chi connectivity index (χ0) is 46.3. The highest BCUT2D eigenvalue weighted by molar-refractivity contribution is 6.24. The SMILES string of the molecule is CC1(C)c2cc(Nc3ccccc3)ccc2-c2cc3c(N(c4ccccc4)c4ccccn4)c4cc(N(c5ccccc5)c5ccccn5)ccc4c(N(c4ccccc4)c4ccccn4)c3cc21. The summed E-state index contributed by atoms with van der Waals surface area (Å²) in [7, 11) is 0. The lowest BCUT2D eigenvalue weighted by Gasteiger charge is -2.33. The van der Waals surface area contributed by atoms with Crippen LogP contribution >= 0.6 is 0 Å². The topological polar surface area (TPSA) is 60.4 Å². The summed E-state index contributed by atoms with van der Waals surface area (Å²) in [5, 5.41) is 7.90. The summed E-state index contributed by atoms with van der Waals surface area (Å²) >= 11 is 0. The summed E-state index contributed by atoms with van der Waals surface area (Å²) in [6.45, 7) is 4.72. The fraction of sp³-hybridized carbons (Fsp3) is 0.0484. The van der Waals surface area contributed by atoms with Crippen molar-refractivity contribution in [3.63, 3.8) is 0 Å². The van der Waals surface area contributed by atoms with Crippen LogP contribution in [-0.4, -0.2) is 15.0 Å². The van der Waals surface area contributed by atoms with E-state index in [1.807, 2.05) is 48.9 Å². The minimum atomic E-state index is -0.342. The second-order valence-corrected chi connectivity index (χ2v) is 17.8. The molecule has 3 aromatic heterocycles. The predicted molar refractivity (Wildman–Crippen MR) is 286 cm³/mol. The standard InChI is InChI=1S/C62H47N7/c1-62(2)55-39-44(66-43-21-7-3-8-22-43)32-34-49(55)51-41-53-54(42-56(51)62)60(68(46-25-11-5-12-26-46)58-30-16-19-37-64-58)50-35-33-48(67(45-23-9-4-10-24-45)57-29-15-18-36-63-57)40-52(50)61(53)69(47-27-13-6-14-28-47)59-31-17-20-38-65-59/h3-42,66H,1-2H3. The second kappa shape index (κ2) is 17.3. The van der Waals surface area contributed by atoms with E-state index >= 15 is 0 Å². The van der Waals surface area contributed by atoms with E-state index in [2.05, 4.69) is 228 Å². The van der Waals surface area contributed by atoms with E-state index in [4.69, 9.17) is 15.0 Å². The third kappa shape index (κ3) is 7.37. The number of fused-ring (bicyclic) bond motifs is 5. The molecule has 0 unspecified atom stereocenters. The number of hydrogen-bond donors (Lipinski definition) is 1. The van der Waals surface area contributed by atoms with E-state index < -0.39 is 0 Å². The van der Waals surface area contributed by atoms with Gasteiger partial charge in [-0.15, -0.1) is 0 Å². The van der Waals surface area contributed by atoms with Crippen LogP contribution in [0.2, 0.25) is 0 Å². The van der Waals surface area contributed by atoms with Gasteiger partial charge in [0.1, 0.15) is 17.5 Å². The van der Waals surface area contributed by atoms with Gasteiger partial charge in [0.25, 0.3) is 0 Å². The quantitative estimate of drug-likeness (QED) is 0.103. The van der Waals surface area contributed by atoms with Crippen molar-refractivity contribution < 1.29 is 0 Å². The highest BCUT2D eigenvalue weighted by Gasteiger charge is 2.38. The first-order valence-electron chi connectivity index (χ1n) is 23.3. The number of nitrogens with zero attached hydrogens (tertiary/aromatic N) is 6. The average Bonchev–Trinajstić information content (AvgIpc) is 3.62. The lowest BCUT2D eigenvalue weighted by Crippen LogP contribution is -2.18. The van der Waals surface area contributed by atoms with Crippen LogP contribution in [0.5, 0.6) is 0 Å². The van der Waals surface area contributed by atoms with Gasteiger partial charge in [0.2, 0.25) is 0 Å². The Morgan fingerprint density at radius 1 is 0.333 bits per heavy atom. The molecule has 7 heteroatoms. The number of aromatic nitrogens is 3. The van der Waals surface area contributed by atoms with Gasteiger partial charge in [-0.3, -0.25) is 14.7 Å². The van der Waals surface area contributed by atoms with Crippen LogP contribution in [0.4, 0.5) is 63.0 Å². The summed E-state index contributed by atoms with van der Waals surface area (Å²) in [5.74, 6) is 2.43. The Bertz CT molecular complexity index is 3480. The van der Waals surface area contributed by atoms with Crippen LogP contribution in [-0.2, 0) is 5.41 Å². The molecule has 0 atom stereocenters. The van der Waals surface area contributed by atoms with Gasteiger partial charge in [-0.1, -0.05) is 117 Å². The van der Waals surface area contributed by atoms with Gasteiger partial charge in [-0.05, 0) is 144 Å². The van der Waals surface area contributed by atoms with Crippen molar-refractivity contribution in [1.82, 2.24) is 15.0 Å². The number of nitrogens with one attached hydrogen (secondary N) is 1. The van der Waals surface area contributed by atoms with Crippen molar-refractivity contribution in [3.8, 4) is 11.1 Å². The molecule has 0 bridgehead atoms. The number of pyridine rings is 3. The molecular formula is C62H47N7. The minimum absolute atomic E-state index is 0.342. The molecule has 0 radical (unpaired) electrons. The summed E-state index contributed by atoms with van der Waals surface area (Å²) in [6.07, 6.45) is 5.61. The molecule has 330 valence electrons. The van der Waals surface area contributed by atoms with E-state index in [1.165, 1.54) is 22.3 Å². The Morgan fingerprint density at radius 3 is 1.32 bits per heavy atom. The number of hydrogen-bond acceptors (Lipinski definition) is 7. The van der Waals surface area contributed by atoms with Crippen molar-refractivity contribution in [2.75, 3.05) is 20.0 Å². The van der Waals surface area contributed by atoms with Crippen LogP contribution in [0.15, 0.2) is 243 Å². The van der Waals surface area contributed by atoms with E-state index in [0.717, 1.165) is 84.5 Å². The number of anilines is 11. The molecule has 69 heavy (non-hydrogen) atoms. The smallest absolute Gasteiger partial charge is 0.137 e. The maximum absolute atomic E-state index is 5.10. The minimum Gasteiger partial charge on any atom is -0.356 e. The molecule has 0 spiro atoms. The van der Waals surface area contributed by atoms with E-state index in [0.29, 0.717) is 0 Å². The number of benzene rings is 8. The maximum atomic E-state index is 5.10. The Kier molecular flexibility index (Phi) is 10.4. The first kappa shape index (κ1) is 41.4. The zero-order valence-corrected chi connectivity index (χ0v) is 38.3. The lowest BCUT2D eigenvalue weighted by molar-refractivity contribution is 0.661. The molecule has 0 saturated heterocycles. The van der Waals surface area contributed by atoms with Gasteiger partial charge in [-0.25, -0.2) is 15.0 Å². The molecule has 0 saturated carbocycles. The Morgan fingerprint density at radius 2 is 0.783 bits per heavy atom. The third-order valence-electron chi connectivity index (χ3n) is 13.3. The largest absolute Gasteiger partial charge is 0.356 e. The summed E-state index contributed by atoms with van der Waals surface area (Å²) < 4.78 is 0. The normalized spacial score (nSPS) is 12.3. The van der Waals surface area contributed by atoms with E-state index in [-0.39, 0.29) is 5.41 Å². The third-order valence-corrected chi connectivity index (χ3v) is 13.3. The van der Waals surface area contributed by atoms with Crippen LogP contribution in [0.3, 0.4) is 0 Å². The first-order chi connectivity index (χ1) is 34.0. The zero-order valence-electron chi connectivity index (χ0n) is 38.3. The highest BCUT2D eigenvalue weighted by atomic mass is 15.2. The second-order valence-electron chi connectivity index (χ2n) is 17.8. The summed E-state index contributed by atoms with van der Waals surface area (Å²) in [4.78, 5) is 22.0. The summed E-state index contributed by atoms with van der Waals surface area (Å²) in [5.41, 5.74) is 12.7. The number of rotatable bonds is 11. The van der Waals surface area contributed by atoms with Crippen LogP contribution < -0.4 is 20.0 Å². The Balaban J connectivity index is 1.24. The van der Waals surface area contributed by atoms with E-state index in [9.17, 15) is 0 Å². The molecule has 8 aromatic carbocycles. The molecule has 7 nitrogen and oxygen atoms in total. The van der Waals surface area contributed by atoms with Crippen LogP contribution in [0, 0.1) is 0 Å². The fourth-order valence-electron chi connectivity index (χ4n) is 10.1. The van der Waals surface area contributed by atoms with E-state index in [1.54, 1.807) is 0 Å². The summed E-state index contributed by atoms with van der Waals surface area (Å²) in [6, 6.07) is 79.0. The monoisotopic (exact) mass is 889 g/mol. The van der Waals surface area contributed by atoms with Crippen molar-refractivity contribution in [3.05, 3.63) is 254 Å². The van der Waals surface area contributed by atoms with Gasteiger partial charge >= 0.3 is 0 Å². The predicted octanol–water partition coefficient (Wildman–Crippen LogP) is 16.6. The molecule has 1 aliphatic rings. The highest BCUT2D eigenvalue weighted by Crippen LogP contribution is 2.57. The van der Waals surface area contributed by atoms with Crippen LogP contribution in [0.25, 0.3) is 32.7 Å². The van der Waals surface area contributed by atoms with Gasteiger partial charge in [0.15, 0.2) is 0 Å². The Hall–Kier alpha value is -9.07. The number of para-hydroxylation sites is 4. The van der Waals surface area contributed by atoms with Gasteiger partial charge in [0, 0.05) is 79.7 Å². The van der Waals surface area contributed by atoms with Crippen LogP contribution in [0.1, 0.15) is 25.0 Å². The fourth-order valence-corrected chi connectivity index (χ4v) is 10.1. The molecule has 3 heterocycles. The van der Waals surface area contributed by atoms with Crippen molar-refractivity contribution in [1.29, 1.82) is 0 Å². The van der Waals surface area contributed by atoms with Gasteiger partial charge < -0.3 is 5.32 Å². The maximum Gasteiger partial charge on any atom is 0.137 e.